The average Bonchev–Trinajstić information content (AvgIpc) is 3.14. The molecule has 4 rings (SSSR count). The van der Waals surface area contributed by atoms with E-state index in [-0.39, 0.29) is 12.4 Å². The van der Waals surface area contributed by atoms with Crippen molar-refractivity contribution in [3.05, 3.63) is 95.1 Å². The summed E-state index contributed by atoms with van der Waals surface area (Å²) in [6, 6.07) is 26.3. The minimum atomic E-state index is 0. The number of hydrogen-bond acceptors (Lipinski definition) is 4. The first-order valence-electron chi connectivity index (χ1n) is 8.81. The Balaban J connectivity index is 0.00000225. The second-order valence-corrected chi connectivity index (χ2v) is 6.61. The number of quaternary nitrogens is 1. The number of halogens is 1. The molecule has 0 unspecified atom stereocenters. The summed E-state index contributed by atoms with van der Waals surface area (Å²) >= 11 is 0. The van der Waals surface area contributed by atoms with Crippen molar-refractivity contribution in [1.82, 2.24) is 0 Å². The van der Waals surface area contributed by atoms with Crippen LogP contribution in [0.5, 0.6) is 0 Å². The first-order chi connectivity index (χ1) is 13.1. The van der Waals surface area contributed by atoms with Gasteiger partial charge < -0.3 is 12.4 Å². The minimum Gasteiger partial charge on any atom is -1.00 e. The predicted octanol–water partition coefficient (Wildman–Crippen LogP) is 0.261. The molecule has 3 aromatic carbocycles. The third-order valence-electron chi connectivity index (χ3n) is 4.52. The van der Waals surface area contributed by atoms with Crippen molar-refractivity contribution in [2.75, 3.05) is 10.2 Å². The van der Waals surface area contributed by atoms with E-state index < -0.39 is 0 Å². The third-order valence-corrected chi connectivity index (χ3v) is 4.52. The Bertz CT molecular complexity index is 1020. The number of rotatable bonds is 3. The maximum atomic E-state index is 9.02. The van der Waals surface area contributed by atoms with Crippen LogP contribution in [0, 0.1) is 25.2 Å². The van der Waals surface area contributed by atoms with Crippen LogP contribution in [-0.4, -0.2) is 5.84 Å². The number of hydrogen-bond donors (Lipinski definition) is 1. The summed E-state index contributed by atoms with van der Waals surface area (Å²) in [7, 11) is 0. The number of nitrogens with two attached hydrogens (primary N) is 1. The van der Waals surface area contributed by atoms with Crippen LogP contribution in [-0.2, 0) is 0 Å². The molecule has 140 valence electrons. The molecule has 1 aliphatic heterocycles. The van der Waals surface area contributed by atoms with E-state index in [1.807, 2.05) is 39.9 Å². The van der Waals surface area contributed by atoms with E-state index in [0.29, 0.717) is 5.56 Å². The highest BCUT2D eigenvalue weighted by molar-refractivity contribution is 5.94. The second kappa shape index (κ2) is 8.13. The lowest BCUT2D eigenvalue weighted by atomic mass is 10.1. The number of anilines is 2. The Morgan fingerprint density at radius 3 is 1.86 bits per heavy atom. The fourth-order valence-electron chi connectivity index (χ4n) is 2.94. The molecule has 0 aromatic heterocycles. The smallest absolute Gasteiger partial charge is 0.277 e. The fraction of sp³-hybridized carbons (Fsp3) is 0.0909. The van der Waals surface area contributed by atoms with Crippen LogP contribution < -0.4 is 28.1 Å². The van der Waals surface area contributed by atoms with E-state index in [1.54, 1.807) is 0 Å². The van der Waals surface area contributed by atoms with Gasteiger partial charge >= 0.3 is 0 Å². The van der Waals surface area contributed by atoms with E-state index in [4.69, 9.17) is 10.4 Å². The van der Waals surface area contributed by atoms with Crippen LogP contribution in [0.3, 0.4) is 0 Å². The Kier molecular flexibility index (Phi) is 5.65. The number of nitriles is 1. The van der Waals surface area contributed by atoms with Gasteiger partial charge in [0.15, 0.2) is 0 Å². The number of hydrazone groups is 1. The van der Waals surface area contributed by atoms with Crippen molar-refractivity contribution in [2.24, 2.45) is 5.10 Å². The summed E-state index contributed by atoms with van der Waals surface area (Å²) in [5.74, 6) is 0.848. The lowest BCUT2D eigenvalue weighted by molar-refractivity contribution is -0.545. The van der Waals surface area contributed by atoms with Crippen molar-refractivity contribution in [2.45, 2.75) is 13.8 Å². The molecule has 0 radical (unpaired) electrons. The van der Waals surface area contributed by atoms with Gasteiger partial charge in [-0.15, -0.1) is 10.2 Å². The van der Waals surface area contributed by atoms with Gasteiger partial charge in [0.05, 0.1) is 22.9 Å². The Labute approximate surface area is 170 Å². The van der Waals surface area contributed by atoms with Crippen molar-refractivity contribution in [3.8, 4) is 6.07 Å². The number of benzene rings is 3. The van der Waals surface area contributed by atoms with Crippen LogP contribution in [0.25, 0.3) is 0 Å². The number of aryl methyl sites for hydroxylation is 2. The molecule has 0 fully saturated rings. The normalized spacial score (nSPS) is 13.0. The lowest BCUT2D eigenvalue weighted by Gasteiger charge is -2.24. The maximum Gasteiger partial charge on any atom is 0.277 e. The molecule has 2 N–H and O–H groups in total. The number of nitrogens with zero attached hydrogens (tertiary/aromatic N) is 4. The quantitative estimate of drug-likeness (QED) is 0.654. The predicted molar refractivity (Wildman–Crippen MR) is 107 cm³/mol. The van der Waals surface area contributed by atoms with Gasteiger partial charge in [-0.25, -0.2) is 0 Å². The van der Waals surface area contributed by atoms with Gasteiger partial charge in [-0.1, -0.05) is 40.5 Å². The highest BCUT2D eigenvalue weighted by atomic mass is 35.5. The molecule has 0 bridgehead atoms. The van der Waals surface area contributed by atoms with Crippen LogP contribution in [0.15, 0.2) is 77.9 Å². The molecular formula is C22H20ClN5. The molecule has 0 spiro atoms. The van der Waals surface area contributed by atoms with Crippen molar-refractivity contribution < 1.29 is 17.8 Å². The van der Waals surface area contributed by atoms with E-state index in [0.717, 1.165) is 22.8 Å². The van der Waals surface area contributed by atoms with Gasteiger partial charge in [-0.3, -0.25) is 0 Å². The molecule has 0 atom stereocenters. The van der Waals surface area contributed by atoms with Crippen LogP contribution in [0.1, 0.15) is 22.3 Å². The Morgan fingerprint density at radius 1 is 0.786 bits per heavy atom. The first-order valence-corrected chi connectivity index (χ1v) is 8.81. The molecule has 5 nitrogen and oxygen atoms in total. The zero-order valence-electron chi connectivity index (χ0n) is 15.7. The standard InChI is InChI=1S/C22H19N5.ClH/c1-16-3-11-20(12-4-16)26-24-22(19-9-7-18(15-23)8-10-19)25-27(26)21-13-5-17(2)6-14-21;/h3-14H,1-2H3,(H,24,25);1H. The Morgan fingerprint density at radius 2 is 1.32 bits per heavy atom. The summed E-state index contributed by atoms with van der Waals surface area (Å²) in [5.41, 5.74) is 8.08. The van der Waals surface area contributed by atoms with Crippen molar-refractivity contribution in [3.63, 3.8) is 0 Å². The first kappa shape index (κ1) is 19.4. The number of amidine groups is 1. The second-order valence-electron chi connectivity index (χ2n) is 6.61. The summed E-state index contributed by atoms with van der Waals surface area (Å²) in [4.78, 5) is 0. The molecule has 28 heavy (non-hydrogen) atoms. The van der Waals surface area contributed by atoms with E-state index in [1.165, 1.54) is 11.1 Å². The van der Waals surface area contributed by atoms with Crippen molar-refractivity contribution in [1.29, 1.82) is 5.26 Å². The molecule has 0 saturated carbocycles. The van der Waals surface area contributed by atoms with Crippen LogP contribution in [0.2, 0.25) is 0 Å². The SMILES string of the molecule is Cc1ccc(N2N=C(c3ccc(C#N)cc3)[NH2+]N2c2ccc(C)cc2)cc1.[Cl-]. The monoisotopic (exact) mass is 389 g/mol. The summed E-state index contributed by atoms with van der Waals surface area (Å²) in [6.45, 7) is 4.15. The Hall–Kier alpha value is -3.33. The number of hydrazine groups is 1. The van der Waals surface area contributed by atoms with Gasteiger partial charge in [-0.2, -0.15) is 10.7 Å². The molecule has 0 aliphatic carbocycles. The summed E-state index contributed by atoms with van der Waals surface area (Å²) in [6.07, 6.45) is 0. The molecule has 1 aliphatic rings. The highest BCUT2D eigenvalue weighted by Crippen LogP contribution is 2.23. The van der Waals surface area contributed by atoms with Crippen molar-refractivity contribution >= 4 is 17.2 Å². The van der Waals surface area contributed by atoms with E-state index >= 15 is 0 Å². The fourth-order valence-corrected chi connectivity index (χ4v) is 2.94. The average molecular weight is 390 g/mol. The third kappa shape index (κ3) is 3.84. The molecule has 3 aromatic rings. The van der Waals surface area contributed by atoms with Crippen LogP contribution in [0.4, 0.5) is 11.4 Å². The molecule has 6 heteroatoms. The van der Waals surface area contributed by atoms with Gasteiger partial charge in [0.1, 0.15) is 5.69 Å². The topological polar surface area (TPSA) is 59.2 Å². The van der Waals surface area contributed by atoms with Gasteiger partial charge in [-0.05, 0) is 62.4 Å². The molecule has 0 saturated heterocycles. The molecule has 0 amide bonds. The largest absolute Gasteiger partial charge is 1.00 e. The summed E-state index contributed by atoms with van der Waals surface area (Å²) in [5, 5.41) is 17.8. The van der Waals surface area contributed by atoms with Gasteiger partial charge in [0.2, 0.25) is 0 Å². The summed E-state index contributed by atoms with van der Waals surface area (Å²) < 4.78 is 0. The highest BCUT2D eigenvalue weighted by Gasteiger charge is 2.31. The maximum absolute atomic E-state index is 9.02. The van der Waals surface area contributed by atoms with Crippen LogP contribution >= 0.6 is 0 Å². The zero-order valence-corrected chi connectivity index (χ0v) is 16.4. The minimum absolute atomic E-state index is 0. The molecular weight excluding hydrogens is 370 g/mol. The van der Waals surface area contributed by atoms with Gasteiger partial charge in [0.25, 0.3) is 5.84 Å². The van der Waals surface area contributed by atoms with E-state index in [2.05, 4.69) is 68.4 Å². The van der Waals surface area contributed by atoms with E-state index in [9.17, 15) is 0 Å². The lowest BCUT2D eigenvalue weighted by Crippen LogP contribution is -3.00. The zero-order chi connectivity index (χ0) is 18.8. The molecule has 1 heterocycles. The van der Waals surface area contributed by atoms with Gasteiger partial charge in [0, 0.05) is 0 Å².